The number of nitriles is 1. The number of carbonyl (C=O) groups excluding carboxylic acids is 1. The molecule has 2 aromatic rings. The minimum atomic E-state index is 0.176. The first-order valence-electron chi connectivity index (χ1n) is 9.06. The Morgan fingerprint density at radius 1 is 1.08 bits per heavy atom. The average Bonchev–Trinajstić information content (AvgIpc) is 3.54. The van der Waals surface area contributed by atoms with E-state index < -0.39 is 0 Å². The molecule has 0 unspecified atom stereocenters. The Labute approximate surface area is 153 Å². The number of piperazine rings is 1. The third-order valence-electron chi connectivity index (χ3n) is 5.09. The summed E-state index contributed by atoms with van der Waals surface area (Å²) in [5.41, 5.74) is 2.80. The normalized spacial score (nSPS) is 17.0. The maximum atomic E-state index is 12.6. The molecule has 1 aliphatic carbocycles. The predicted octanol–water partition coefficient (Wildman–Crippen LogP) is 2.12. The van der Waals surface area contributed by atoms with Crippen molar-refractivity contribution in [2.75, 3.05) is 31.1 Å². The van der Waals surface area contributed by atoms with Gasteiger partial charge in [-0.3, -0.25) is 4.79 Å². The number of hydrogen-bond acceptors (Lipinski definition) is 5. The van der Waals surface area contributed by atoms with Gasteiger partial charge in [0.05, 0.1) is 18.8 Å². The molecular formula is C20H21N5O. The highest BCUT2D eigenvalue weighted by molar-refractivity contribution is 5.79. The Kier molecular flexibility index (Phi) is 4.53. The van der Waals surface area contributed by atoms with E-state index in [1.807, 2.05) is 11.0 Å². The molecule has 1 aliphatic heterocycles. The molecule has 2 aliphatic rings. The Balaban J connectivity index is 1.30. The zero-order chi connectivity index (χ0) is 17.9. The van der Waals surface area contributed by atoms with Crippen LogP contribution in [0.15, 0.2) is 36.7 Å². The van der Waals surface area contributed by atoms with E-state index in [4.69, 9.17) is 5.26 Å². The fourth-order valence-electron chi connectivity index (χ4n) is 3.34. The summed E-state index contributed by atoms with van der Waals surface area (Å²) in [6.45, 7) is 2.82. The van der Waals surface area contributed by atoms with E-state index in [9.17, 15) is 4.79 Å². The molecule has 1 saturated heterocycles. The van der Waals surface area contributed by atoms with Gasteiger partial charge in [0.15, 0.2) is 5.69 Å². The smallest absolute Gasteiger partial charge is 0.227 e. The molecule has 0 radical (unpaired) electrons. The number of benzene rings is 1. The number of hydrogen-bond donors (Lipinski definition) is 0. The molecule has 1 amide bonds. The molecule has 132 valence electrons. The lowest BCUT2D eigenvalue weighted by Crippen LogP contribution is -2.49. The lowest BCUT2D eigenvalue weighted by molar-refractivity contribution is -0.130. The number of nitrogens with zero attached hydrogens (tertiary/aromatic N) is 5. The Hall–Kier alpha value is -2.94. The third kappa shape index (κ3) is 3.67. The van der Waals surface area contributed by atoms with Crippen molar-refractivity contribution in [2.45, 2.75) is 25.2 Å². The predicted molar refractivity (Wildman–Crippen MR) is 97.7 cm³/mol. The van der Waals surface area contributed by atoms with Crippen LogP contribution in [0.5, 0.6) is 0 Å². The molecule has 6 heteroatoms. The highest BCUT2D eigenvalue weighted by atomic mass is 16.2. The van der Waals surface area contributed by atoms with Crippen LogP contribution >= 0.6 is 0 Å². The number of aromatic nitrogens is 2. The van der Waals surface area contributed by atoms with E-state index in [1.54, 1.807) is 6.20 Å². The van der Waals surface area contributed by atoms with Crippen LogP contribution in [-0.2, 0) is 11.2 Å². The van der Waals surface area contributed by atoms with E-state index >= 15 is 0 Å². The molecule has 0 N–H and O–H groups in total. The van der Waals surface area contributed by atoms with Gasteiger partial charge in [0, 0.05) is 26.2 Å². The van der Waals surface area contributed by atoms with Crippen molar-refractivity contribution in [3.63, 3.8) is 0 Å². The summed E-state index contributed by atoms with van der Waals surface area (Å²) >= 11 is 0. The first-order valence-corrected chi connectivity index (χ1v) is 9.06. The minimum Gasteiger partial charge on any atom is -0.352 e. The quantitative estimate of drug-likeness (QED) is 0.847. The fraction of sp³-hybridized carbons (Fsp3) is 0.400. The van der Waals surface area contributed by atoms with E-state index in [0.717, 1.165) is 30.4 Å². The molecular weight excluding hydrogens is 326 g/mol. The summed E-state index contributed by atoms with van der Waals surface area (Å²) in [7, 11) is 0. The molecule has 6 nitrogen and oxygen atoms in total. The monoisotopic (exact) mass is 347 g/mol. The Morgan fingerprint density at radius 3 is 2.38 bits per heavy atom. The fourth-order valence-corrected chi connectivity index (χ4v) is 3.34. The number of carbonyl (C=O) groups is 1. The molecule has 1 aromatic heterocycles. The van der Waals surface area contributed by atoms with Crippen LogP contribution in [0.4, 0.5) is 5.82 Å². The van der Waals surface area contributed by atoms with Crippen LogP contribution in [0, 0.1) is 11.3 Å². The molecule has 4 rings (SSSR count). The minimum absolute atomic E-state index is 0.176. The largest absolute Gasteiger partial charge is 0.352 e. The maximum absolute atomic E-state index is 12.6. The number of amides is 1. The van der Waals surface area contributed by atoms with E-state index in [2.05, 4.69) is 39.1 Å². The van der Waals surface area contributed by atoms with Crippen molar-refractivity contribution in [3.05, 3.63) is 53.5 Å². The van der Waals surface area contributed by atoms with Crippen molar-refractivity contribution in [1.82, 2.24) is 14.9 Å². The molecule has 26 heavy (non-hydrogen) atoms. The highest BCUT2D eigenvalue weighted by Crippen LogP contribution is 2.39. The SMILES string of the molecule is N#Cc1cnc(N2CCN(C(=O)Cc3ccc(C4CC4)cc3)CC2)cn1. The second kappa shape index (κ2) is 7.12. The first kappa shape index (κ1) is 16.5. The molecule has 1 aromatic carbocycles. The molecule has 0 atom stereocenters. The van der Waals surface area contributed by atoms with Gasteiger partial charge in [-0.05, 0) is 29.9 Å². The van der Waals surface area contributed by atoms with Gasteiger partial charge >= 0.3 is 0 Å². The van der Waals surface area contributed by atoms with Gasteiger partial charge in [0.25, 0.3) is 0 Å². The van der Waals surface area contributed by atoms with E-state index in [0.29, 0.717) is 25.2 Å². The second-order valence-electron chi connectivity index (χ2n) is 6.93. The van der Waals surface area contributed by atoms with Gasteiger partial charge in [-0.1, -0.05) is 24.3 Å². The number of anilines is 1. The van der Waals surface area contributed by atoms with Gasteiger partial charge in [-0.15, -0.1) is 0 Å². The van der Waals surface area contributed by atoms with E-state index in [1.165, 1.54) is 24.6 Å². The summed E-state index contributed by atoms with van der Waals surface area (Å²) in [5.74, 6) is 1.68. The topological polar surface area (TPSA) is 73.1 Å². The lowest BCUT2D eigenvalue weighted by Gasteiger charge is -2.35. The molecule has 1 saturated carbocycles. The Morgan fingerprint density at radius 2 is 1.81 bits per heavy atom. The van der Waals surface area contributed by atoms with Gasteiger partial charge < -0.3 is 9.80 Å². The zero-order valence-corrected chi connectivity index (χ0v) is 14.6. The van der Waals surface area contributed by atoms with Crippen molar-refractivity contribution in [3.8, 4) is 6.07 Å². The maximum Gasteiger partial charge on any atom is 0.227 e. The van der Waals surface area contributed by atoms with Crippen molar-refractivity contribution < 1.29 is 4.79 Å². The highest BCUT2D eigenvalue weighted by Gasteiger charge is 2.24. The summed E-state index contributed by atoms with van der Waals surface area (Å²) in [6.07, 6.45) is 6.16. The summed E-state index contributed by atoms with van der Waals surface area (Å²) in [6, 6.07) is 10.5. The third-order valence-corrected chi connectivity index (χ3v) is 5.09. The van der Waals surface area contributed by atoms with E-state index in [-0.39, 0.29) is 5.91 Å². The second-order valence-corrected chi connectivity index (χ2v) is 6.93. The van der Waals surface area contributed by atoms with Gasteiger partial charge in [0.1, 0.15) is 11.9 Å². The van der Waals surface area contributed by atoms with Crippen molar-refractivity contribution in [2.24, 2.45) is 0 Å². The lowest BCUT2D eigenvalue weighted by atomic mass is 10.1. The number of rotatable bonds is 4. The zero-order valence-electron chi connectivity index (χ0n) is 14.6. The summed E-state index contributed by atoms with van der Waals surface area (Å²) in [5, 5.41) is 8.79. The van der Waals surface area contributed by atoms with Gasteiger partial charge in [-0.2, -0.15) is 5.26 Å². The first-order chi connectivity index (χ1) is 12.7. The van der Waals surface area contributed by atoms with Crippen LogP contribution in [0.3, 0.4) is 0 Å². The van der Waals surface area contributed by atoms with Crippen LogP contribution in [0.2, 0.25) is 0 Å². The van der Waals surface area contributed by atoms with Crippen LogP contribution in [-0.4, -0.2) is 47.0 Å². The molecule has 0 bridgehead atoms. The molecule has 2 heterocycles. The van der Waals surface area contributed by atoms with Gasteiger partial charge in [-0.25, -0.2) is 9.97 Å². The van der Waals surface area contributed by atoms with Crippen molar-refractivity contribution in [1.29, 1.82) is 5.26 Å². The van der Waals surface area contributed by atoms with Crippen LogP contribution < -0.4 is 4.90 Å². The molecule has 0 spiro atoms. The molecule has 2 fully saturated rings. The van der Waals surface area contributed by atoms with Crippen molar-refractivity contribution >= 4 is 11.7 Å². The van der Waals surface area contributed by atoms with Crippen LogP contribution in [0.1, 0.15) is 35.6 Å². The summed E-state index contributed by atoms with van der Waals surface area (Å²) < 4.78 is 0. The van der Waals surface area contributed by atoms with Gasteiger partial charge in [0.2, 0.25) is 5.91 Å². The average molecular weight is 347 g/mol. The van der Waals surface area contributed by atoms with Crippen LogP contribution in [0.25, 0.3) is 0 Å². The standard InChI is InChI=1S/C20H21N5O/c21-12-18-13-23-19(14-22-18)24-7-9-25(10-8-24)20(26)11-15-1-3-16(4-2-15)17-5-6-17/h1-4,13-14,17H,5-11H2. The Bertz CT molecular complexity index is 813. The summed E-state index contributed by atoms with van der Waals surface area (Å²) in [4.78, 5) is 24.9.